The quantitative estimate of drug-likeness (QED) is 0.564. The Labute approximate surface area is 94.8 Å². The molecule has 0 fully saturated rings. The first kappa shape index (κ1) is 14.6. The number of carbonyl (C=O) groups is 1. The summed E-state index contributed by atoms with van der Waals surface area (Å²) in [5.74, 6) is 0.417. The van der Waals surface area contributed by atoms with Crippen molar-refractivity contribution in [3.05, 3.63) is 0 Å². The van der Waals surface area contributed by atoms with E-state index in [1.54, 1.807) is 0 Å². The zero-order valence-corrected chi connectivity index (χ0v) is 10.6. The Kier molecular flexibility index (Phi) is 9.91. The monoisotopic (exact) mass is 213 g/mol. The number of hydrogen-bond donors (Lipinski definition) is 1. The molecule has 0 aliphatic carbocycles. The third kappa shape index (κ3) is 9.92. The zero-order valence-electron chi connectivity index (χ0n) is 10.6. The average Bonchev–Trinajstić information content (AvgIpc) is 2.17. The van der Waals surface area contributed by atoms with E-state index in [4.69, 9.17) is 0 Å². The lowest BCUT2D eigenvalue weighted by Crippen LogP contribution is -2.28. The first-order valence-electron chi connectivity index (χ1n) is 6.45. The second-order valence-corrected chi connectivity index (χ2v) is 4.37. The molecule has 0 saturated carbocycles. The molecule has 0 saturated heterocycles. The van der Waals surface area contributed by atoms with Crippen molar-refractivity contribution in [3.63, 3.8) is 0 Å². The van der Waals surface area contributed by atoms with Crippen LogP contribution < -0.4 is 5.32 Å². The Morgan fingerprint density at radius 3 is 2.40 bits per heavy atom. The molecule has 0 spiro atoms. The minimum absolute atomic E-state index is 0.346. The molecule has 90 valence electrons. The standard InChI is InChI=1S/C13H27NO/c1-4-6-7-8-9-10-13(15)11-12(3)14-5-2/h12,14H,4-11H2,1-3H3. The van der Waals surface area contributed by atoms with Crippen LogP contribution in [0.3, 0.4) is 0 Å². The van der Waals surface area contributed by atoms with E-state index in [2.05, 4.69) is 26.1 Å². The van der Waals surface area contributed by atoms with Crippen LogP contribution in [0.2, 0.25) is 0 Å². The molecule has 15 heavy (non-hydrogen) atoms. The van der Waals surface area contributed by atoms with Crippen molar-refractivity contribution in [1.29, 1.82) is 0 Å². The smallest absolute Gasteiger partial charge is 0.134 e. The summed E-state index contributed by atoms with van der Waals surface area (Å²) < 4.78 is 0. The van der Waals surface area contributed by atoms with Gasteiger partial charge in [-0.2, -0.15) is 0 Å². The summed E-state index contributed by atoms with van der Waals surface area (Å²) >= 11 is 0. The van der Waals surface area contributed by atoms with Crippen LogP contribution in [0.1, 0.15) is 65.7 Å². The molecule has 0 amide bonds. The van der Waals surface area contributed by atoms with E-state index in [1.807, 2.05) is 0 Å². The van der Waals surface area contributed by atoms with Crippen LogP contribution in [0.5, 0.6) is 0 Å². The van der Waals surface area contributed by atoms with E-state index in [1.165, 1.54) is 25.7 Å². The van der Waals surface area contributed by atoms with Gasteiger partial charge in [-0.1, -0.05) is 39.5 Å². The summed E-state index contributed by atoms with van der Waals surface area (Å²) in [7, 11) is 0. The lowest BCUT2D eigenvalue weighted by Gasteiger charge is -2.10. The van der Waals surface area contributed by atoms with Crippen molar-refractivity contribution < 1.29 is 4.79 Å². The highest BCUT2D eigenvalue weighted by molar-refractivity contribution is 5.78. The van der Waals surface area contributed by atoms with E-state index in [0.29, 0.717) is 18.2 Å². The van der Waals surface area contributed by atoms with E-state index >= 15 is 0 Å². The van der Waals surface area contributed by atoms with Crippen molar-refractivity contribution >= 4 is 5.78 Å². The highest BCUT2D eigenvalue weighted by Gasteiger charge is 2.07. The molecule has 1 atom stereocenters. The maximum Gasteiger partial charge on any atom is 0.134 e. The molecule has 1 unspecified atom stereocenters. The van der Waals surface area contributed by atoms with Gasteiger partial charge in [0.1, 0.15) is 5.78 Å². The van der Waals surface area contributed by atoms with Crippen LogP contribution in [0.15, 0.2) is 0 Å². The van der Waals surface area contributed by atoms with E-state index in [9.17, 15) is 4.79 Å². The SMILES string of the molecule is CCCCCCCC(=O)CC(C)NCC. The molecule has 0 rings (SSSR count). The molecule has 2 nitrogen and oxygen atoms in total. The van der Waals surface area contributed by atoms with Crippen LogP contribution in [-0.4, -0.2) is 18.4 Å². The van der Waals surface area contributed by atoms with Crippen LogP contribution in [-0.2, 0) is 4.79 Å². The molecule has 0 aromatic rings. The van der Waals surface area contributed by atoms with Crippen LogP contribution in [0.25, 0.3) is 0 Å². The molecule has 2 heteroatoms. The normalized spacial score (nSPS) is 12.7. The van der Waals surface area contributed by atoms with Gasteiger partial charge in [-0.25, -0.2) is 0 Å². The number of rotatable bonds is 10. The van der Waals surface area contributed by atoms with Gasteiger partial charge in [-0.05, 0) is 19.9 Å². The summed E-state index contributed by atoms with van der Waals surface area (Å²) in [5, 5.41) is 3.27. The minimum Gasteiger partial charge on any atom is -0.314 e. The van der Waals surface area contributed by atoms with Crippen molar-refractivity contribution in [2.24, 2.45) is 0 Å². The minimum atomic E-state index is 0.346. The van der Waals surface area contributed by atoms with Gasteiger partial charge in [0.2, 0.25) is 0 Å². The molecular formula is C13H27NO. The van der Waals surface area contributed by atoms with Gasteiger partial charge < -0.3 is 5.32 Å². The Hall–Kier alpha value is -0.370. The maximum absolute atomic E-state index is 11.5. The maximum atomic E-state index is 11.5. The second kappa shape index (κ2) is 10.2. The fourth-order valence-electron chi connectivity index (χ4n) is 1.79. The number of carbonyl (C=O) groups excluding carboxylic acids is 1. The largest absolute Gasteiger partial charge is 0.314 e. The molecule has 1 N–H and O–H groups in total. The third-order valence-electron chi connectivity index (χ3n) is 2.65. The molecule has 0 bridgehead atoms. The summed E-state index contributed by atoms with van der Waals surface area (Å²) in [6, 6.07) is 0.346. The highest BCUT2D eigenvalue weighted by Crippen LogP contribution is 2.07. The van der Waals surface area contributed by atoms with Crippen molar-refractivity contribution in [2.75, 3.05) is 6.54 Å². The molecule has 0 aliphatic heterocycles. The Morgan fingerprint density at radius 1 is 1.13 bits per heavy atom. The molecule has 0 radical (unpaired) electrons. The topological polar surface area (TPSA) is 29.1 Å². The van der Waals surface area contributed by atoms with Gasteiger partial charge in [-0.3, -0.25) is 4.79 Å². The number of Topliss-reactive ketones (excluding diaryl/α,β-unsaturated/α-hetero) is 1. The first-order valence-corrected chi connectivity index (χ1v) is 6.45. The predicted molar refractivity (Wildman–Crippen MR) is 66.1 cm³/mol. The fraction of sp³-hybridized carbons (Fsp3) is 0.923. The number of ketones is 1. The van der Waals surface area contributed by atoms with Crippen molar-refractivity contribution in [1.82, 2.24) is 5.32 Å². The van der Waals surface area contributed by atoms with Crippen LogP contribution >= 0.6 is 0 Å². The summed E-state index contributed by atoms with van der Waals surface area (Å²) in [5.41, 5.74) is 0. The van der Waals surface area contributed by atoms with Gasteiger partial charge in [0.25, 0.3) is 0 Å². The third-order valence-corrected chi connectivity index (χ3v) is 2.65. The molecule has 0 aliphatic rings. The van der Waals surface area contributed by atoms with E-state index in [0.717, 1.165) is 19.4 Å². The summed E-state index contributed by atoms with van der Waals surface area (Å²) in [6.45, 7) is 7.32. The zero-order chi connectivity index (χ0) is 11.5. The number of nitrogens with one attached hydrogen (secondary N) is 1. The molecule has 0 aromatic heterocycles. The fourth-order valence-corrected chi connectivity index (χ4v) is 1.79. The van der Waals surface area contributed by atoms with Gasteiger partial charge in [0, 0.05) is 18.9 Å². The molecule has 0 aromatic carbocycles. The van der Waals surface area contributed by atoms with Crippen molar-refractivity contribution in [3.8, 4) is 0 Å². The van der Waals surface area contributed by atoms with E-state index < -0.39 is 0 Å². The molecular weight excluding hydrogens is 186 g/mol. The van der Waals surface area contributed by atoms with Gasteiger partial charge in [0.05, 0.1) is 0 Å². The first-order chi connectivity index (χ1) is 7.20. The van der Waals surface area contributed by atoms with Gasteiger partial charge in [-0.15, -0.1) is 0 Å². The molecule has 0 heterocycles. The Morgan fingerprint density at radius 2 is 1.80 bits per heavy atom. The number of unbranched alkanes of at least 4 members (excludes halogenated alkanes) is 4. The van der Waals surface area contributed by atoms with Crippen molar-refractivity contribution in [2.45, 2.75) is 71.8 Å². The van der Waals surface area contributed by atoms with E-state index in [-0.39, 0.29) is 0 Å². The van der Waals surface area contributed by atoms with Crippen LogP contribution in [0.4, 0.5) is 0 Å². The average molecular weight is 213 g/mol. The lowest BCUT2D eigenvalue weighted by molar-refractivity contribution is -0.119. The summed E-state index contributed by atoms with van der Waals surface area (Å²) in [6.07, 6.45) is 7.63. The second-order valence-electron chi connectivity index (χ2n) is 4.37. The van der Waals surface area contributed by atoms with Gasteiger partial charge in [0.15, 0.2) is 0 Å². The number of hydrogen-bond acceptors (Lipinski definition) is 2. The van der Waals surface area contributed by atoms with Gasteiger partial charge >= 0.3 is 0 Å². The Bertz CT molecular complexity index is 157. The summed E-state index contributed by atoms with van der Waals surface area (Å²) in [4.78, 5) is 11.5. The lowest BCUT2D eigenvalue weighted by atomic mass is 10.0. The highest BCUT2D eigenvalue weighted by atomic mass is 16.1. The predicted octanol–water partition coefficient (Wildman–Crippen LogP) is 3.30. The van der Waals surface area contributed by atoms with Crippen LogP contribution in [0, 0.1) is 0 Å². The Balaban J connectivity index is 3.32.